The van der Waals surface area contributed by atoms with Gasteiger partial charge in [0.05, 0.1) is 4.88 Å². The van der Waals surface area contributed by atoms with Crippen LogP contribution >= 0.6 is 23.7 Å². The van der Waals surface area contributed by atoms with E-state index in [1.165, 1.54) is 23.5 Å². The van der Waals surface area contributed by atoms with Crippen molar-refractivity contribution in [1.82, 2.24) is 5.32 Å². The zero-order chi connectivity index (χ0) is 17.1. The van der Waals surface area contributed by atoms with E-state index in [0.717, 1.165) is 23.3 Å². The van der Waals surface area contributed by atoms with E-state index in [-0.39, 0.29) is 30.1 Å². The van der Waals surface area contributed by atoms with Crippen LogP contribution in [0.4, 0.5) is 8.78 Å². The van der Waals surface area contributed by atoms with Gasteiger partial charge in [-0.1, -0.05) is 0 Å². The fourth-order valence-corrected chi connectivity index (χ4v) is 3.44. The van der Waals surface area contributed by atoms with Crippen molar-refractivity contribution in [1.29, 1.82) is 0 Å². The Morgan fingerprint density at radius 1 is 1.24 bits per heavy atom. The monoisotopic (exact) mass is 388 g/mol. The number of alkyl halides is 2. The van der Waals surface area contributed by atoms with Crippen LogP contribution in [-0.4, -0.2) is 25.1 Å². The van der Waals surface area contributed by atoms with Crippen molar-refractivity contribution in [2.75, 3.05) is 6.54 Å². The Morgan fingerprint density at radius 3 is 2.48 bits per heavy atom. The molecule has 1 fully saturated rings. The summed E-state index contributed by atoms with van der Waals surface area (Å²) >= 11 is 1.36. The van der Waals surface area contributed by atoms with Gasteiger partial charge < -0.3 is 15.8 Å². The van der Waals surface area contributed by atoms with Crippen LogP contribution in [0.1, 0.15) is 22.5 Å². The van der Waals surface area contributed by atoms with Gasteiger partial charge in [-0.2, -0.15) is 8.78 Å². The summed E-state index contributed by atoms with van der Waals surface area (Å²) in [6, 6.07) is 10.00. The van der Waals surface area contributed by atoms with E-state index in [1.54, 1.807) is 18.2 Å². The molecule has 3 rings (SSSR count). The van der Waals surface area contributed by atoms with Gasteiger partial charge in [0.25, 0.3) is 5.91 Å². The van der Waals surface area contributed by atoms with E-state index in [2.05, 4.69) is 10.1 Å². The van der Waals surface area contributed by atoms with Crippen LogP contribution in [0, 0.1) is 5.92 Å². The molecule has 2 aromatic rings. The number of thiophene rings is 1. The molecule has 136 valence electrons. The quantitative estimate of drug-likeness (QED) is 0.756. The second-order valence-corrected chi connectivity index (χ2v) is 6.80. The van der Waals surface area contributed by atoms with E-state index >= 15 is 0 Å². The maximum Gasteiger partial charge on any atom is 0.387 e. The Balaban J connectivity index is 0.00000225. The van der Waals surface area contributed by atoms with Crippen molar-refractivity contribution in [2.24, 2.45) is 11.7 Å². The van der Waals surface area contributed by atoms with Crippen LogP contribution in [0.3, 0.4) is 0 Å². The van der Waals surface area contributed by atoms with E-state index in [4.69, 9.17) is 5.73 Å². The zero-order valence-corrected chi connectivity index (χ0v) is 14.9. The van der Waals surface area contributed by atoms with Gasteiger partial charge in [0.1, 0.15) is 5.75 Å². The zero-order valence-electron chi connectivity index (χ0n) is 13.3. The predicted octanol–water partition coefficient (Wildman–Crippen LogP) is 3.91. The lowest BCUT2D eigenvalue weighted by atomic mass is 10.2. The van der Waals surface area contributed by atoms with Crippen LogP contribution in [0.5, 0.6) is 5.75 Å². The van der Waals surface area contributed by atoms with E-state index < -0.39 is 6.61 Å². The molecule has 1 atom stereocenters. The maximum atomic E-state index is 12.3. The van der Waals surface area contributed by atoms with E-state index in [0.29, 0.717) is 17.3 Å². The number of halogens is 3. The molecule has 1 aromatic heterocycles. The molecule has 0 spiro atoms. The highest BCUT2D eigenvalue weighted by atomic mass is 35.5. The number of nitrogens with two attached hydrogens (primary N) is 1. The number of amides is 1. The van der Waals surface area contributed by atoms with E-state index in [1.807, 2.05) is 6.07 Å². The molecule has 1 unspecified atom stereocenters. The molecule has 1 amide bonds. The fourth-order valence-electron chi connectivity index (χ4n) is 2.52. The predicted molar refractivity (Wildman–Crippen MR) is 96.7 cm³/mol. The second-order valence-electron chi connectivity index (χ2n) is 5.72. The first-order chi connectivity index (χ1) is 11.6. The number of hydrogen-bond donors (Lipinski definition) is 2. The Hall–Kier alpha value is -1.70. The van der Waals surface area contributed by atoms with E-state index in [9.17, 15) is 13.6 Å². The average molecular weight is 389 g/mol. The van der Waals surface area contributed by atoms with Gasteiger partial charge in [-0.05, 0) is 60.7 Å². The molecule has 1 aliphatic rings. The minimum absolute atomic E-state index is 0. The van der Waals surface area contributed by atoms with Gasteiger partial charge >= 0.3 is 6.61 Å². The Labute approximate surface area is 154 Å². The minimum atomic E-state index is -2.84. The molecule has 25 heavy (non-hydrogen) atoms. The second kappa shape index (κ2) is 8.60. The summed E-state index contributed by atoms with van der Waals surface area (Å²) in [5.74, 6) is 0.491. The topological polar surface area (TPSA) is 64.3 Å². The van der Waals surface area contributed by atoms with Gasteiger partial charge in [0.15, 0.2) is 0 Å². The standard InChI is InChI=1S/C17H18F2N2O2S.ClH/c18-17(19)23-12-5-3-11(4-6-12)14-7-8-15(24-14)16(22)21-13(9-20)10-1-2-10;/h3-8,10,13,17H,1-2,9,20H2,(H,21,22);1H. The highest BCUT2D eigenvalue weighted by molar-refractivity contribution is 7.17. The smallest absolute Gasteiger partial charge is 0.387 e. The van der Waals surface area contributed by atoms with Gasteiger partial charge in [-0.3, -0.25) is 4.79 Å². The molecular formula is C17H19ClF2N2O2S. The van der Waals surface area contributed by atoms with Crippen molar-refractivity contribution >= 4 is 29.7 Å². The first-order valence-corrected chi connectivity index (χ1v) is 8.54. The van der Waals surface area contributed by atoms with Crippen molar-refractivity contribution < 1.29 is 18.3 Å². The molecule has 1 saturated carbocycles. The average Bonchev–Trinajstić information content (AvgIpc) is 3.28. The summed E-state index contributed by atoms with van der Waals surface area (Å²) in [5.41, 5.74) is 6.55. The van der Waals surface area contributed by atoms with Gasteiger partial charge in [-0.25, -0.2) is 0 Å². The Bertz CT molecular complexity index is 705. The first kappa shape index (κ1) is 19.6. The fraction of sp³-hybridized carbons (Fsp3) is 0.353. The highest BCUT2D eigenvalue weighted by Gasteiger charge is 2.31. The van der Waals surface area contributed by atoms with Crippen molar-refractivity contribution in [3.8, 4) is 16.2 Å². The summed E-state index contributed by atoms with van der Waals surface area (Å²) < 4.78 is 28.6. The molecular weight excluding hydrogens is 370 g/mol. The minimum Gasteiger partial charge on any atom is -0.435 e. The normalized spacial score (nSPS) is 14.7. The number of hydrogen-bond acceptors (Lipinski definition) is 4. The van der Waals surface area contributed by atoms with Crippen LogP contribution in [-0.2, 0) is 0 Å². The summed E-state index contributed by atoms with van der Waals surface area (Å²) in [6.45, 7) is -2.39. The first-order valence-electron chi connectivity index (χ1n) is 7.73. The maximum absolute atomic E-state index is 12.3. The summed E-state index contributed by atoms with van der Waals surface area (Å²) in [6.07, 6.45) is 2.23. The SMILES string of the molecule is Cl.NCC(NC(=O)c1ccc(-c2ccc(OC(F)F)cc2)s1)C1CC1. The molecule has 4 nitrogen and oxygen atoms in total. The van der Waals surface area contributed by atoms with Crippen molar-refractivity contribution in [3.05, 3.63) is 41.3 Å². The Morgan fingerprint density at radius 2 is 1.92 bits per heavy atom. The lowest BCUT2D eigenvalue weighted by Crippen LogP contribution is -2.41. The number of carbonyl (C=O) groups excluding carboxylic acids is 1. The molecule has 0 saturated heterocycles. The van der Waals surface area contributed by atoms with Crippen LogP contribution in [0.25, 0.3) is 10.4 Å². The largest absolute Gasteiger partial charge is 0.435 e. The molecule has 0 radical (unpaired) electrons. The Kier molecular flexibility index (Phi) is 6.75. The molecule has 1 aromatic carbocycles. The number of carbonyl (C=O) groups is 1. The van der Waals surface area contributed by atoms with Crippen LogP contribution in [0.2, 0.25) is 0 Å². The molecule has 0 aliphatic heterocycles. The molecule has 3 N–H and O–H groups in total. The summed E-state index contributed by atoms with van der Waals surface area (Å²) in [7, 11) is 0. The van der Waals surface area contributed by atoms with Gasteiger partial charge in [-0.15, -0.1) is 23.7 Å². The molecule has 8 heteroatoms. The van der Waals surface area contributed by atoms with Crippen LogP contribution < -0.4 is 15.8 Å². The third-order valence-corrected chi connectivity index (χ3v) is 5.09. The van der Waals surface area contributed by atoms with Gasteiger partial charge in [0, 0.05) is 17.5 Å². The highest BCUT2D eigenvalue weighted by Crippen LogP contribution is 2.33. The van der Waals surface area contributed by atoms with Crippen molar-refractivity contribution in [2.45, 2.75) is 25.5 Å². The molecule has 1 heterocycles. The number of benzene rings is 1. The number of nitrogens with one attached hydrogen (secondary N) is 1. The van der Waals surface area contributed by atoms with Gasteiger partial charge in [0.2, 0.25) is 0 Å². The molecule has 0 bridgehead atoms. The third-order valence-electron chi connectivity index (χ3n) is 3.96. The third kappa shape index (κ3) is 5.14. The van der Waals surface area contributed by atoms with Crippen molar-refractivity contribution in [3.63, 3.8) is 0 Å². The van der Waals surface area contributed by atoms with Crippen LogP contribution in [0.15, 0.2) is 36.4 Å². The number of ether oxygens (including phenoxy) is 1. The lowest BCUT2D eigenvalue weighted by molar-refractivity contribution is -0.0498. The number of rotatable bonds is 7. The lowest BCUT2D eigenvalue weighted by Gasteiger charge is -2.15. The summed E-state index contributed by atoms with van der Waals surface area (Å²) in [4.78, 5) is 13.8. The summed E-state index contributed by atoms with van der Waals surface area (Å²) in [5, 5.41) is 2.98. The molecule has 1 aliphatic carbocycles.